The van der Waals surface area contributed by atoms with Crippen molar-refractivity contribution in [2.75, 3.05) is 13.1 Å². The predicted octanol–water partition coefficient (Wildman–Crippen LogP) is 3.32. The maximum atomic E-state index is 6.00. The van der Waals surface area contributed by atoms with E-state index in [9.17, 15) is 0 Å². The number of furan rings is 1. The molecule has 0 saturated carbocycles. The second-order valence-electron chi connectivity index (χ2n) is 5.93. The Kier molecular flexibility index (Phi) is 5.06. The van der Waals surface area contributed by atoms with E-state index in [1.54, 1.807) is 0 Å². The van der Waals surface area contributed by atoms with Crippen LogP contribution in [0.2, 0.25) is 0 Å². The van der Waals surface area contributed by atoms with Crippen LogP contribution in [-0.4, -0.2) is 24.0 Å². The predicted molar refractivity (Wildman–Crippen MR) is 79.1 cm³/mol. The lowest BCUT2D eigenvalue weighted by molar-refractivity contribution is 0.0981. The number of hydrogen-bond donors (Lipinski definition) is 1. The normalized spacial score (nSPS) is 24.8. The monoisotopic (exact) mass is 264 g/mol. The summed E-state index contributed by atoms with van der Waals surface area (Å²) < 4.78 is 6.00. The Morgan fingerprint density at radius 2 is 2.21 bits per heavy atom. The summed E-state index contributed by atoms with van der Waals surface area (Å²) >= 11 is 0. The zero-order valence-electron chi connectivity index (χ0n) is 12.8. The Morgan fingerprint density at radius 3 is 2.95 bits per heavy atom. The van der Waals surface area contributed by atoms with Crippen molar-refractivity contribution in [2.24, 2.45) is 5.92 Å². The fourth-order valence-electron chi connectivity index (χ4n) is 2.93. The van der Waals surface area contributed by atoms with Crippen LogP contribution in [0.3, 0.4) is 0 Å². The fourth-order valence-corrected chi connectivity index (χ4v) is 2.93. The first-order valence-corrected chi connectivity index (χ1v) is 7.64. The van der Waals surface area contributed by atoms with Gasteiger partial charge in [-0.2, -0.15) is 0 Å². The van der Waals surface area contributed by atoms with Crippen molar-refractivity contribution in [1.82, 2.24) is 10.2 Å². The Labute approximate surface area is 117 Å². The van der Waals surface area contributed by atoms with Crippen molar-refractivity contribution in [3.8, 4) is 0 Å². The summed E-state index contributed by atoms with van der Waals surface area (Å²) in [5.74, 6) is 3.01. The Hall–Kier alpha value is -0.800. The molecule has 3 heteroatoms. The van der Waals surface area contributed by atoms with Gasteiger partial charge in [-0.3, -0.25) is 4.90 Å². The maximum Gasteiger partial charge on any atom is 0.120 e. The molecule has 2 atom stereocenters. The smallest absolute Gasteiger partial charge is 0.120 e. The lowest BCUT2D eigenvalue weighted by atomic mass is 9.92. The van der Waals surface area contributed by atoms with Gasteiger partial charge in [0, 0.05) is 6.04 Å². The molecule has 2 unspecified atom stereocenters. The summed E-state index contributed by atoms with van der Waals surface area (Å²) in [4.78, 5) is 2.56. The zero-order valence-corrected chi connectivity index (χ0v) is 12.8. The summed E-state index contributed by atoms with van der Waals surface area (Å²) in [6.45, 7) is 13.0. The van der Waals surface area contributed by atoms with Gasteiger partial charge in [-0.1, -0.05) is 13.8 Å². The standard InChI is InChI=1S/C16H28N2O/c1-5-17-10-16-13(3)9-15(19-16)11-18-8-6-7-12(2)14(18)4/h9,12,14,17H,5-8,10-11H2,1-4H3. The molecular weight excluding hydrogens is 236 g/mol. The molecule has 3 nitrogen and oxygen atoms in total. The van der Waals surface area contributed by atoms with Crippen molar-refractivity contribution in [2.45, 2.75) is 59.7 Å². The summed E-state index contributed by atoms with van der Waals surface area (Å²) in [5, 5.41) is 3.33. The SMILES string of the molecule is CCNCc1oc(CN2CCCC(C)C2C)cc1C. The highest BCUT2D eigenvalue weighted by Gasteiger charge is 2.25. The highest BCUT2D eigenvalue weighted by atomic mass is 16.3. The van der Waals surface area contributed by atoms with Crippen LogP contribution in [0, 0.1) is 12.8 Å². The Bertz CT molecular complexity index is 399. The number of hydrogen-bond acceptors (Lipinski definition) is 3. The van der Waals surface area contributed by atoms with Crippen LogP contribution in [-0.2, 0) is 13.1 Å². The van der Waals surface area contributed by atoms with Crippen LogP contribution < -0.4 is 5.32 Å². The molecule has 0 radical (unpaired) electrons. The van der Waals surface area contributed by atoms with E-state index in [1.165, 1.54) is 24.9 Å². The molecule has 108 valence electrons. The molecule has 1 saturated heterocycles. The van der Waals surface area contributed by atoms with Gasteiger partial charge in [-0.15, -0.1) is 0 Å². The number of aryl methyl sites for hydroxylation is 1. The highest BCUT2D eigenvalue weighted by molar-refractivity contribution is 5.20. The molecule has 2 rings (SSSR count). The summed E-state index contributed by atoms with van der Waals surface area (Å²) in [6, 6.07) is 2.87. The minimum Gasteiger partial charge on any atom is -0.463 e. The first-order chi connectivity index (χ1) is 9.11. The molecule has 1 aromatic heterocycles. The van der Waals surface area contributed by atoms with Gasteiger partial charge in [0.1, 0.15) is 11.5 Å². The van der Waals surface area contributed by atoms with E-state index in [4.69, 9.17) is 4.42 Å². The van der Waals surface area contributed by atoms with E-state index < -0.39 is 0 Å². The van der Waals surface area contributed by atoms with Crippen molar-refractivity contribution in [3.05, 3.63) is 23.2 Å². The number of rotatable bonds is 5. The lowest BCUT2D eigenvalue weighted by Crippen LogP contribution is -2.41. The minimum atomic E-state index is 0.663. The van der Waals surface area contributed by atoms with E-state index in [2.05, 4.69) is 44.0 Å². The van der Waals surface area contributed by atoms with E-state index in [0.29, 0.717) is 6.04 Å². The average molecular weight is 264 g/mol. The lowest BCUT2D eigenvalue weighted by Gasteiger charge is -2.37. The molecule has 2 heterocycles. The molecule has 19 heavy (non-hydrogen) atoms. The van der Waals surface area contributed by atoms with Crippen LogP contribution >= 0.6 is 0 Å². The van der Waals surface area contributed by atoms with Crippen LogP contribution in [0.5, 0.6) is 0 Å². The van der Waals surface area contributed by atoms with Crippen molar-refractivity contribution >= 4 is 0 Å². The topological polar surface area (TPSA) is 28.4 Å². The van der Waals surface area contributed by atoms with Crippen LogP contribution in [0.1, 0.15) is 50.7 Å². The van der Waals surface area contributed by atoms with E-state index in [-0.39, 0.29) is 0 Å². The summed E-state index contributed by atoms with van der Waals surface area (Å²) in [6.07, 6.45) is 2.68. The number of piperidine rings is 1. The molecule has 0 aliphatic carbocycles. The first-order valence-electron chi connectivity index (χ1n) is 7.64. The number of likely N-dealkylation sites (tertiary alicyclic amines) is 1. The second-order valence-corrected chi connectivity index (χ2v) is 5.93. The minimum absolute atomic E-state index is 0.663. The molecule has 1 aromatic rings. The molecule has 1 aliphatic heterocycles. The third-order valence-corrected chi connectivity index (χ3v) is 4.47. The number of nitrogens with one attached hydrogen (secondary N) is 1. The van der Waals surface area contributed by atoms with Gasteiger partial charge in [-0.05, 0) is 57.3 Å². The van der Waals surface area contributed by atoms with E-state index in [1.807, 2.05) is 0 Å². The Balaban J connectivity index is 1.98. The van der Waals surface area contributed by atoms with Gasteiger partial charge < -0.3 is 9.73 Å². The maximum absolute atomic E-state index is 6.00. The van der Waals surface area contributed by atoms with Gasteiger partial charge in [0.25, 0.3) is 0 Å². The van der Waals surface area contributed by atoms with Gasteiger partial charge in [0.15, 0.2) is 0 Å². The molecule has 0 bridgehead atoms. The first kappa shape index (κ1) is 14.6. The van der Waals surface area contributed by atoms with Gasteiger partial charge in [-0.25, -0.2) is 0 Å². The Morgan fingerprint density at radius 1 is 1.42 bits per heavy atom. The third-order valence-electron chi connectivity index (χ3n) is 4.47. The van der Waals surface area contributed by atoms with Crippen molar-refractivity contribution in [1.29, 1.82) is 0 Å². The van der Waals surface area contributed by atoms with Gasteiger partial charge in [0.05, 0.1) is 13.1 Å². The molecule has 1 fully saturated rings. The van der Waals surface area contributed by atoms with Gasteiger partial charge in [0.2, 0.25) is 0 Å². The van der Waals surface area contributed by atoms with Crippen LogP contribution in [0.4, 0.5) is 0 Å². The van der Waals surface area contributed by atoms with E-state index >= 15 is 0 Å². The largest absolute Gasteiger partial charge is 0.463 e. The van der Waals surface area contributed by atoms with Crippen LogP contribution in [0.25, 0.3) is 0 Å². The number of nitrogens with zero attached hydrogens (tertiary/aromatic N) is 1. The summed E-state index contributed by atoms with van der Waals surface area (Å²) in [5.41, 5.74) is 1.27. The van der Waals surface area contributed by atoms with Gasteiger partial charge >= 0.3 is 0 Å². The molecule has 0 spiro atoms. The van der Waals surface area contributed by atoms with Crippen molar-refractivity contribution in [3.63, 3.8) is 0 Å². The molecule has 1 N–H and O–H groups in total. The zero-order chi connectivity index (χ0) is 13.8. The van der Waals surface area contributed by atoms with E-state index in [0.717, 1.165) is 37.1 Å². The summed E-state index contributed by atoms with van der Waals surface area (Å²) in [7, 11) is 0. The molecular formula is C16H28N2O. The molecule has 1 aliphatic rings. The van der Waals surface area contributed by atoms with Crippen LogP contribution in [0.15, 0.2) is 10.5 Å². The highest BCUT2D eigenvalue weighted by Crippen LogP contribution is 2.25. The molecule has 0 aromatic carbocycles. The average Bonchev–Trinajstić information content (AvgIpc) is 2.73. The second kappa shape index (κ2) is 6.58. The quantitative estimate of drug-likeness (QED) is 0.884. The molecule has 0 amide bonds. The van der Waals surface area contributed by atoms with Crippen molar-refractivity contribution < 1.29 is 4.42 Å². The third kappa shape index (κ3) is 3.61. The fraction of sp³-hybridized carbons (Fsp3) is 0.750.